The fourth-order valence-corrected chi connectivity index (χ4v) is 4.39. The van der Waals surface area contributed by atoms with Crippen molar-refractivity contribution in [2.75, 3.05) is 12.0 Å². The van der Waals surface area contributed by atoms with Crippen molar-refractivity contribution in [3.05, 3.63) is 93.5 Å². The molecule has 162 valence electrons. The summed E-state index contributed by atoms with van der Waals surface area (Å²) in [6.45, 7) is 0. The third-order valence-corrected chi connectivity index (χ3v) is 5.74. The molecule has 1 aliphatic heterocycles. The van der Waals surface area contributed by atoms with Crippen molar-refractivity contribution in [1.29, 1.82) is 0 Å². The molecule has 0 aliphatic carbocycles. The van der Waals surface area contributed by atoms with Crippen molar-refractivity contribution in [2.24, 2.45) is 0 Å². The van der Waals surface area contributed by atoms with Gasteiger partial charge in [0, 0.05) is 5.56 Å². The Labute approximate surface area is 193 Å². The molecule has 1 saturated heterocycles. The normalized spacial score (nSPS) is 17.6. The third-order valence-electron chi connectivity index (χ3n) is 5.18. The first-order chi connectivity index (χ1) is 15.3. The molecule has 6 nitrogen and oxygen atoms in total. The van der Waals surface area contributed by atoms with Gasteiger partial charge in [0.1, 0.15) is 11.5 Å². The molecule has 1 fully saturated rings. The van der Waals surface area contributed by atoms with E-state index in [9.17, 15) is 19.8 Å². The van der Waals surface area contributed by atoms with Gasteiger partial charge >= 0.3 is 0 Å². The number of phenols is 1. The molecule has 0 radical (unpaired) electrons. The van der Waals surface area contributed by atoms with Crippen LogP contribution < -0.4 is 9.64 Å². The van der Waals surface area contributed by atoms with Crippen LogP contribution in [0.15, 0.2) is 72.3 Å². The van der Waals surface area contributed by atoms with E-state index in [0.717, 1.165) is 0 Å². The summed E-state index contributed by atoms with van der Waals surface area (Å²) in [5.41, 5.74) is 0.717. The monoisotopic (exact) mass is 469 g/mol. The highest BCUT2D eigenvalue weighted by molar-refractivity contribution is 6.52. The maximum absolute atomic E-state index is 13.1. The largest absolute Gasteiger partial charge is 0.507 e. The topological polar surface area (TPSA) is 87.1 Å². The number of ketones is 1. The summed E-state index contributed by atoms with van der Waals surface area (Å²) in [5.74, 6) is -2.18. The van der Waals surface area contributed by atoms with Gasteiger partial charge in [0.15, 0.2) is 5.75 Å². The highest BCUT2D eigenvalue weighted by Crippen LogP contribution is 2.45. The zero-order valence-corrected chi connectivity index (χ0v) is 18.3. The number of benzene rings is 3. The second kappa shape index (κ2) is 8.57. The Morgan fingerprint density at radius 2 is 1.56 bits per heavy atom. The Morgan fingerprint density at radius 3 is 2.16 bits per heavy atom. The molecule has 1 atom stereocenters. The van der Waals surface area contributed by atoms with Gasteiger partial charge in [0.2, 0.25) is 0 Å². The van der Waals surface area contributed by atoms with E-state index in [1.54, 1.807) is 42.5 Å². The average molecular weight is 470 g/mol. The number of methoxy groups -OCH3 is 1. The number of carbonyl (C=O) groups excluding carboxylic acids is 2. The average Bonchev–Trinajstić information content (AvgIpc) is 3.04. The fourth-order valence-electron chi connectivity index (χ4n) is 3.75. The summed E-state index contributed by atoms with van der Waals surface area (Å²) < 4.78 is 5.13. The number of hydrogen-bond donors (Lipinski definition) is 2. The number of phenolic OH excluding ortho intramolecular Hbond substituents is 1. The molecule has 1 heterocycles. The van der Waals surface area contributed by atoms with Gasteiger partial charge in [-0.3, -0.25) is 14.5 Å². The lowest BCUT2D eigenvalue weighted by Crippen LogP contribution is -2.29. The minimum atomic E-state index is -0.982. The highest BCUT2D eigenvalue weighted by Gasteiger charge is 2.47. The Balaban J connectivity index is 1.97. The number of Topliss-reactive ketones (excluding diaryl/α,β-unsaturated/α-hetero) is 1. The van der Waals surface area contributed by atoms with Crippen LogP contribution in [-0.2, 0) is 9.59 Å². The van der Waals surface area contributed by atoms with Crippen LogP contribution in [0.3, 0.4) is 0 Å². The minimum absolute atomic E-state index is 0.132. The number of ether oxygens (including phenoxy) is 1. The number of hydrogen-bond acceptors (Lipinski definition) is 5. The van der Waals surface area contributed by atoms with E-state index < -0.39 is 23.5 Å². The van der Waals surface area contributed by atoms with E-state index in [1.807, 2.05) is 0 Å². The number of nitrogens with zero attached hydrogens (tertiary/aromatic N) is 1. The number of aliphatic hydroxyl groups excluding tert-OH is 1. The minimum Gasteiger partial charge on any atom is -0.507 e. The number of amides is 1. The number of aliphatic hydroxyl groups is 1. The van der Waals surface area contributed by atoms with Crippen molar-refractivity contribution in [3.8, 4) is 11.5 Å². The molecule has 1 aliphatic rings. The van der Waals surface area contributed by atoms with E-state index in [1.165, 1.54) is 36.3 Å². The first-order valence-corrected chi connectivity index (χ1v) is 10.3. The lowest BCUT2D eigenvalue weighted by Gasteiger charge is -2.26. The van der Waals surface area contributed by atoms with Crippen LogP contribution in [0.4, 0.5) is 5.69 Å². The van der Waals surface area contributed by atoms with Crippen molar-refractivity contribution in [1.82, 2.24) is 0 Å². The summed E-state index contributed by atoms with van der Waals surface area (Å²) in [7, 11) is 1.40. The Hall–Kier alpha value is -3.48. The number of carbonyl (C=O) groups is 2. The second-order valence-corrected chi connectivity index (χ2v) is 7.86. The predicted octanol–water partition coefficient (Wildman–Crippen LogP) is 5.33. The fraction of sp³-hybridized carbons (Fsp3) is 0.0833. The van der Waals surface area contributed by atoms with Gasteiger partial charge in [0.25, 0.3) is 11.7 Å². The molecule has 8 heteroatoms. The lowest BCUT2D eigenvalue weighted by atomic mass is 9.95. The standard InChI is InChI=1S/C24H17Cl2NO5/c1-32-23-15(25)11-14(12-16(23)26)21(29)19-20(13-7-3-2-4-8-13)27(24(31)22(19)30)17-9-5-6-10-18(17)28/h2-12,20,28-29H,1H3/b21-19+. The zero-order chi connectivity index (χ0) is 23.0. The summed E-state index contributed by atoms with van der Waals surface area (Å²) in [6.07, 6.45) is 0. The van der Waals surface area contributed by atoms with Crippen LogP contribution in [0, 0.1) is 0 Å². The molecule has 1 amide bonds. The SMILES string of the molecule is COc1c(Cl)cc(/C(O)=C2\C(=O)C(=O)N(c3ccccc3O)C2c2ccccc2)cc1Cl. The predicted molar refractivity (Wildman–Crippen MR) is 122 cm³/mol. The van der Waals surface area contributed by atoms with Gasteiger partial charge in [-0.15, -0.1) is 0 Å². The van der Waals surface area contributed by atoms with Gasteiger partial charge in [-0.05, 0) is 29.8 Å². The van der Waals surface area contributed by atoms with E-state index in [0.29, 0.717) is 5.56 Å². The highest BCUT2D eigenvalue weighted by atomic mass is 35.5. The third kappa shape index (κ3) is 3.57. The van der Waals surface area contributed by atoms with Crippen molar-refractivity contribution in [3.63, 3.8) is 0 Å². The van der Waals surface area contributed by atoms with Crippen molar-refractivity contribution in [2.45, 2.75) is 6.04 Å². The number of para-hydroxylation sites is 2. The van der Waals surface area contributed by atoms with Crippen LogP contribution in [0.25, 0.3) is 5.76 Å². The lowest BCUT2D eigenvalue weighted by molar-refractivity contribution is -0.132. The van der Waals surface area contributed by atoms with Gasteiger partial charge in [0.05, 0.1) is 34.5 Å². The van der Waals surface area contributed by atoms with Crippen molar-refractivity contribution < 1.29 is 24.5 Å². The van der Waals surface area contributed by atoms with Crippen LogP contribution in [0.2, 0.25) is 10.0 Å². The van der Waals surface area contributed by atoms with Crippen LogP contribution in [-0.4, -0.2) is 29.0 Å². The first-order valence-electron chi connectivity index (χ1n) is 9.52. The Morgan fingerprint density at radius 1 is 0.969 bits per heavy atom. The smallest absolute Gasteiger partial charge is 0.300 e. The van der Waals surface area contributed by atoms with E-state index >= 15 is 0 Å². The maximum Gasteiger partial charge on any atom is 0.300 e. The molecular weight excluding hydrogens is 453 g/mol. The number of rotatable bonds is 4. The molecule has 1 unspecified atom stereocenters. The van der Waals surface area contributed by atoms with E-state index in [-0.39, 0.29) is 38.4 Å². The van der Waals surface area contributed by atoms with Crippen LogP contribution >= 0.6 is 23.2 Å². The van der Waals surface area contributed by atoms with Gasteiger partial charge in [-0.2, -0.15) is 0 Å². The first kappa shape index (κ1) is 21.7. The molecule has 4 rings (SSSR count). The zero-order valence-electron chi connectivity index (χ0n) is 16.8. The number of anilines is 1. The van der Waals surface area contributed by atoms with Gasteiger partial charge in [-0.25, -0.2) is 0 Å². The Bertz CT molecular complexity index is 1230. The summed E-state index contributed by atoms with van der Waals surface area (Å²) in [5, 5.41) is 21.8. The van der Waals surface area contributed by atoms with Crippen LogP contribution in [0.5, 0.6) is 11.5 Å². The second-order valence-electron chi connectivity index (χ2n) is 7.04. The van der Waals surface area contributed by atoms with E-state index in [4.69, 9.17) is 27.9 Å². The van der Waals surface area contributed by atoms with E-state index in [2.05, 4.69) is 0 Å². The quantitative estimate of drug-likeness (QED) is 0.306. The Kier molecular flexibility index (Phi) is 5.82. The molecule has 3 aromatic rings. The maximum atomic E-state index is 13.1. The molecular formula is C24H17Cl2NO5. The summed E-state index contributed by atoms with van der Waals surface area (Å²) in [4.78, 5) is 27.4. The molecule has 0 bridgehead atoms. The number of aromatic hydroxyl groups is 1. The summed E-state index contributed by atoms with van der Waals surface area (Å²) >= 11 is 12.4. The van der Waals surface area contributed by atoms with Gasteiger partial charge < -0.3 is 14.9 Å². The molecule has 0 saturated carbocycles. The molecule has 32 heavy (non-hydrogen) atoms. The van der Waals surface area contributed by atoms with Crippen LogP contribution in [0.1, 0.15) is 17.2 Å². The molecule has 0 spiro atoms. The molecule has 0 aromatic heterocycles. The molecule has 2 N–H and O–H groups in total. The number of halogens is 2. The van der Waals surface area contributed by atoms with Gasteiger partial charge in [-0.1, -0.05) is 65.7 Å². The van der Waals surface area contributed by atoms with Crippen molar-refractivity contribution >= 4 is 46.3 Å². The molecule has 3 aromatic carbocycles. The summed E-state index contributed by atoms with van der Waals surface area (Å²) in [6, 6.07) is 16.8.